The molecule has 10 heterocycles. The summed E-state index contributed by atoms with van der Waals surface area (Å²) in [6, 6.07) is 51.1. The van der Waals surface area contributed by atoms with E-state index in [4.69, 9.17) is 30.4 Å². The number of aromatic nitrogens is 4. The van der Waals surface area contributed by atoms with E-state index in [1.165, 1.54) is 77.9 Å². The molecule has 0 spiro atoms. The van der Waals surface area contributed by atoms with Crippen LogP contribution in [-0.4, -0.2) is 198 Å². The molecule has 11 aromatic rings. The molecule has 31 nitrogen and oxygen atoms in total. The highest BCUT2D eigenvalue weighted by Gasteiger charge is 2.46. The molecule has 3 saturated heterocycles. The molecular weight excluding hydrogens is 1900 g/mol. The number of aldehydes is 2. The van der Waals surface area contributed by atoms with Gasteiger partial charge in [0, 0.05) is 123 Å². The fourth-order valence-electron chi connectivity index (χ4n) is 17.5. The fourth-order valence-corrected chi connectivity index (χ4v) is 17.5. The third-order valence-electron chi connectivity index (χ3n) is 24.8. The first-order valence-electron chi connectivity index (χ1n) is 48.1. The molecule has 147 heavy (non-hydrogen) atoms. The topological polar surface area (TPSA) is 396 Å². The molecular formula is C111H126F5N12O19-. The molecule has 0 aliphatic carbocycles. The quantitative estimate of drug-likeness (QED) is 0.0126. The second-order valence-corrected chi connectivity index (χ2v) is 36.7. The largest absolute Gasteiger partial charge is 1.00 e. The number of hydrogen-bond acceptors (Lipinski definition) is 24. The summed E-state index contributed by atoms with van der Waals surface area (Å²) >= 11 is 0. The van der Waals surface area contributed by atoms with Crippen molar-refractivity contribution < 1.29 is 95.7 Å². The molecule has 4 aromatic heterocycles. The van der Waals surface area contributed by atoms with Gasteiger partial charge in [-0.05, 0) is 125 Å². The highest BCUT2D eigenvalue weighted by Crippen LogP contribution is 2.34. The average molecular weight is 2030 g/mol. The Morgan fingerprint density at radius 3 is 1.09 bits per heavy atom. The minimum atomic E-state index is -0.873. The average Bonchev–Trinajstić information content (AvgIpc) is 1.53. The van der Waals surface area contributed by atoms with Crippen molar-refractivity contribution in [1.82, 2.24) is 48.1 Å². The van der Waals surface area contributed by atoms with Gasteiger partial charge in [-0.2, -0.15) is 0 Å². The van der Waals surface area contributed by atoms with Crippen molar-refractivity contribution in [2.75, 3.05) is 72.6 Å². The van der Waals surface area contributed by atoms with Crippen molar-refractivity contribution in [3.63, 3.8) is 0 Å². The number of rotatable bonds is 34. The van der Waals surface area contributed by atoms with E-state index in [9.17, 15) is 89.8 Å². The summed E-state index contributed by atoms with van der Waals surface area (Å²) in [7, 11) is 1.14. The van der Waals surface area contributed by atoms with Gasteiger partial charge in [0.25, 0.3) is 17.7 Å². The summed E-state index contributed by atoms with van der Waals surface area (Å²) in [6.07, 6.45) is 8.11. The van der Waals surface area contributed by atoms with Crippen LogP contribution in [0.3, 0.4) is 0 Å². The molecule has 6 N–H and O–H groups in total. The van der Waals surface area contributed by atoms with Gasteiger partial charge in [0.2, 0.25) is 21.7 Å². The summed E-state index contributed by atoms with van der Waals surface area (Å²) in [4.78, 5) is 188. The Bertz CT molecular complexity index is 6700. The molecule has 17 rings (SSSR count). The number of hydrogen-bond donors (Lipinski definition) is 4. The van der Waals surface area contributed by atoms with E-state index in [-0.39, 0.29) is 211 Å². The minimum absolute atomic E-state index is 0. The van der Waals surface area contributed by atoms with Gasteiger partial charge in [-0.15, -0.1) is 0 Å². The van der Waals surface area contributed by atoms with E-state index in [0.29, 0.717) is 96.3 Å². The molecule has 3 unspecified atom stereocenters. The second-order valence-electron chi connectivity index (χ2n) is 36.7. The number of amides is 3. The van der Waals surface area contributed by atoms with E-state index < -0.39 is 45.0 Å². The van der Waals surface area contributed by atoms with Crippen LogP contribution in [0.2, 0.25) is 0 Å². The standard InChI is InChI=1S/C30H32FN3O4.C26H24FN3O4.C25H22FNO6.C23H26FN3O4.C4H8O.C2H8N2.CH4.FH.H2/c1-20(2)16-32-14-15-34-26(32)18-33-17-24(25(35)13-10-21-8-11-23(31)12-9-21)28(36)29(27(33)30(34)37)38-19-22-6-4-3-5-7-22;27-19-9-6-17(7-10-19)8-11-21(31)20-14-29-15-22-28-12-13-30(22)26(33)23(29)25(24(20)32)34-16-18-4-2-1-3-5-18;1-32-25(31)22-24(33-16-18-5-3-2-4-6-18)23(30)20(15-27(22)13-14-28)21(29)12-9-17-7-10-19(26)11-8-17;1-14(2)11-25-9-10-27-19(25)13-26-12-17(21(29)22(30)20(26)23(27)31)18(28)8-5-15-3-6-16(24)7-4-15;1-4(2)3-5;3-1-2-4;;;/h3-9,11-12,17,20,26H,10,13-16,18-19H2,1-2H3;1-7,9-10,14,22,28H,8,11-13,15-16H2;2-8,10-11,14-15H,9,12-13,16H2,1H3;3-4,6-7,12,14,19,30H,5,8-11,13H2,1-2H3;3-4H,1-2H3;1-4H2;1H4;2*1H/p-1. The number of benzene rings is 7. The number of pyridine rings is 4. The van der Waals surface area contributed by atoms with Crippen molar-refractivity contribution in [2.45, 2.75) is 165 Å². The monoisotopic (exact) mass is 2030 g/mol. The number of esters is 1. The summed E-state index contributed by atoms with van der Waals surface area (Å²) in [5, 5.41) is 13.8. The Balaban J connectivity index is 0.000000212. The van der Waals surface area contributed by atoms with E-state index in [0.717, 1.165) is 78.5 Å². The van der Waals surface area contributed by atoms with Gasteiger partial charge in [-0.3, -0.25) is 67.9 Å². The Hall–Kier alpha value is -15.1. The van der Waals surface area contributed by atoms with Crippen molar-refractivity contribution in [3.8, 4) is 23.0 Å². The maximum Gasteiger partial charge on any atom is 0.358 e. The SMILES string of the molecule is C.CC(C)C=O.CC(C)CN1CCN2C(=O)c3c(O)c(=O)c(C(=O)CCc4ccc(F)cc4)cn3CC12.CC(C)CN1CCN2C(=O)c3c(OCc4ccccc4)c(=O)c(C(=O)CCc4ccc(F)cc4)cn3CC12.COC(=O)c1c(OCc2ccccc2)c(=O)c(C(=O)CCc2ccc(F)cc2)cn1CC=O.NCCN.O=C(CCc1ccc(F)cc1)c1cn2c(c(OCc3ccccc3)c1=O)C(=O)N1CCNC1C2.[F-].[HH]. The van der Waals surface area contributed by atoms with Crippen LogP contribution < -0.4 is 57.4 Å². The van der Waals surface area contributed by atoms with Crippen molar-refractivity contribution >= 4 is 59.4 Å². The number of Topliss-reactive ketones (excluding diaryl/α,β-unsaturated/α-hetero) is 4. The predicted octanol–water partition coefficient (Wildman–Crippen LogP) is 10.2. The Morgan fingerprint density at radius 2 is 0.748 bits per heavy atom. The number of carbonyl (C=O) groups is 10. The summed E-state index contributed by atoms with van der Waals surface area (Å²) < 4.78 is 81.1. The maximum atomic E-state index is 13.7. The summed E-state index contributed by atoms with van der Waals surface area (Å²) in [5.41, 5.74) is 12.4. The number of carbonyl (C=O) groups excluding carboxylic acids is 10. The third kappa shape index (κ3) is 29.4. The van der Waals surface area contributed by atoms with E-state index in [1.807, 2.05) is 85.5 Å². The number of nitrogens with zero attached hydrogens (tertiary/aromatic N) is 9. The number of aryl methyl sites for hydroxylation is 4. The smallest absolute Gasteiger partial charge is 0.358 e. The van der Waals surface area contributed by atoms with Crippen molar-refractivity contribution in [2.24, 2.45) is 29.2 Å². The molecule has 6 aliphatic heterocycles. The van der Waals surface area contributed by atoms with Crippen molar-refractivity contribution in [3.05, 3.63) is 361 Å². The van der Waals surface area contributed by atoms with E-state index in [2.05, 4.69) is 42.8 Å². The lowest BCUT2D eigenvalue weighted by molar-refractivity contribution is -0.110. The predicted molar refractivity (Wildman–Crippen MR) is 544 cm³/mol. The van der Waals surface area contributed by atoms with Gasteiger partial charge in [0.05, 0.1) is 55.5 Å². The van der Waals surface area contributed by atoms with Crippen LogP contribution in [0, 0.1) is 41.0 Å². The first kappa shape index (κ1) is 114. The van der Waals surface area contributed by atoms with Gasteiger partial charge < -0.3 is 82.8 Å². The van der Waals surface area contributed by atoms with Gasteiger partial charge in [0.15, 0.2) is 68.9 Å². The van der Waals surface area contributed by atoms with Crippen LogP contribution in [0.4, 0.5) is 17.6 Å². The van der Waals surface area contributed by atoms with Crippen LogP contribution in [0.25, 0.3) is 0 Å². The van der Waals surface area contributed by atoms with Crippen LogP contribution in [0.5, 0.6) is 23.0 Å². The van der Waals surface area contributed by atoms with Crippen LogP contribution in [0.15, 0.2) is 232 Å². The zero-order valence-corrected chi connectivity index (χ0v) is 82.4. The lowest BCUT2D eigenvalue weighted by atomic mass is 10.0. The van der Waals surface area contributed by atoms with Gasteiger partial charge in [-0.25, -0.2) is 22.4 Å². The fraction of sp³-hybridized carbons (Fsp3) is 0.351. The maximum absolute atomic E-state index is 13.7. The number of nitrogens with two attached hydrogens (primary N) is 2. The molecule has 0 saturated carbocycles. The van der Waals surface area contributed by atoms with Crippen LogP contribution >= 0.6 is 0 Å². The number of nitrogens with one attached hydrogen (secondary N) is 1. The molecule has 36 heteroatoms. The Kier molecular flexibility index (Phi) is 42.0. The molecule has 0 bridgehead atoms. The Morgan fingerprint density at radius 1 is 0.429 bits per heavy atom. The number of ether oxygens (including phenoxy) is 4. The van der Waals surface area contributed by atoms with E-state index in [1.54, 1.807) is 96.3 Å². The van der Waals surface area contributed by atoms with Gasteiger partial charge >= 0.3 is 5.97 Å². The first-order chi connectivity index (χ1) is 69.7. The molecule has 0 radical (unpaired) electrons. The number of methoxy groups -OCH3 is 1. The molecule has 3 amide bonds. The number of aromatic hydroxyl groups is 1. The number of halogens is 5. The Labute approximate surface area is 849 Å². The van der Waals surface area contributed by atoms with Crippen molar-refractivity contribution in [1.29, 1.82) is 0 Å². The third-order valence-corrected chi connectivity index (χ3v) is 24.8. The van der Waals surface area contributed by atoms with Gasteiger partial charge in [0.1, 0.15) is 74.2 Å². The zero-order chi connectivity index (χ0) is 104. The lowest BCUT2D eigenvalue weighted by Gasteiger charge is -2.37. The van der Waals surface area contributed by atoms with Gasteiger partial charge in [-0.1, -0.05) is 188 Å². The summed E-state index contributed by atoms with van der Waals surface area (Å²) in [6.45, 7) is 20.1. The minimum Gasteiger partial charge on any atom is -1.00 e. The molecule has 6 aliphatic rings. The molecule has 3 atom stereocenters. The lowest BCUT2D eigenvalue weighted by Crippen LogP contribution is -3.00. The second kappa shape index (κ2) is 54.2. The van der Waals surface area contributed by atoms with Crippen LogP contribution in [0.1, 0.15) is 198 Å². The normalized spacial score (nSPS) is 15.0. The van der Waals surface area contributed by atoms with E-state index >= 15 is 0 Å². The van der Waals surface area contributed by atoms with Crippen LogP contribution in [-0.2, 0) is 86.0 Å². The highest BCUT2D eigenvalue weighted by atomic mass is 19.1. The first-order valence-corrected chi connectivity index (χ1v) is 48.1. The molecule has 7 aromatic carbocycles. The number of fused-ring (bicyclic) bond motifs is 6. The molecule has 3 fully saturated rings. The molecule has 780 valence electrons. The number of ketones is 4. The summed E-state index contributed by atoms with van der Waals surface area (Å²) in [5.74, 6) is -4.94. The zero-order valence-electron chi connectivity index (χ0n) is 82.4. The highest BCUT2D eigenvalue weighted by molar-refractivity contribution is 6.03.